The van der Waals surface area contributed by atoms with Crippen molar-refractivity contribution in [3.63, 3.8) is 0 Å². The lowest BCUT2D eigenvalue weighted by atomic mass is 10.2. The monoisotopic (exact) mass is 329 g/mol. The summed E-state index contributed by atoms with van der Waals surface area (Å²) in [6.45, 7) is 1.50. The van der Waals surface area contributed by atoms with Gasteiger partial charge in [0.05, 0.1) is 9.82 Å². The van der Waals surface area contributed by atoms with Crippen LogP contribution in [0.15, 0.2) is 29.2 Å². The number of halogens is 3. The van der Waals surface area contributed by atoms with Gasteiger partial charge in [-0.05, 0) is 24.8 Å². The molecule has 0 aliphatic heterocycles. The number of non-ortho nitro benzene ring substituents is 1. The van der Waals surface area contributed by atoms with Crippen LogP contribution in [0.1, 0.15) is 5.56 Å². The molecule has 116 valence electrons. The SMILES string of the molecule is CSc1c(F)cc(Oc2ccc([N+](=O)[O-])cc2C)c(F)c1F. The average molecular weight is 329 g/mol. The van der Waals surface area contributed by atoms with Crippen molar-refractivity contribution in [2.75, 3.05) is 6.26 Å². The number of nitro groups is 1. The van der Waals surface area contributed by atoms with Gasteiger partial charge in [-0.2, -0.15) is 4.39 Å². The first-order valence-corrected chi connectivity index (χ1v) is 7.22. The number of thioether (sulfide) groups is 1. The Kier molecular flexibility index (Phi) is 4.60. The van der Waals surface area contributed by atoms with Gasteiger partial charge in [-0.3, -0.25) is 10.1 Å². The third kappa shape index (κ3) is 3.01. The lowest BCUT2D eigenvalue weighted by Crippen LogP contribution is -1.98. The number of aryl methyl sites for hydroxylation is 1. The standard InChI is InChI=1S/C14H10F3NO3S/c1-7-5-8(18(19)20)3-4-10(7)21-11-6-9(15)14(22-2)13(17)12(11)16/h3-6H,1-2H3. The maximum Gasteiger partial charge on any atom is 0.269 e. The van der Waals surface area contributed by atoms with E-state index in [9.17, 15) is 23.3 Å². The predicted octanol–water partition coefficient (Wildman–Crippen LogP) is 4.83. The molecule has 0 bridgehead atoms. The Labute approximate surface area is 128 Å². The summed E-state index contributed by atoms with van der Waals surface area (Å²) in [5, 5.41) is 10.6. The van der Waals surface area contributed by atoms with Gasteiger partial charge in [-0.25, -0.2) is 8.78 Å². The second-order valence-corrected chi connectivity index (χ2v) is 5.14. The fourth-order valence-corrected chi connectivity index (χ4v) is 2.32. The highest BCUT2D eigenvalue weighted by Gasteiger charge is 2.20. The van der Waals surface area contributed by atoms with Crippen LogP contribution in [-0.4, -0.2) is 11.2 Å². The molecular weight excluding hydrogens is 319 g/mol. The first kappa shape index (κ1) is 16.2. The Bertz CT molecular complexity index is 753. The molecule has 0 heterocycles. The van der Waals surface area contributed by atoms with Crippen LogP contribution in [0, 0.1) is 34.5 Å². The summed E-state index contributed by atoms with van der Waals surface area (Å²) in [4.78, 5) is 9.61. The van der Waals surface area contributed by atoms with Crippen molar-refractivity contribution in [2.24, 2.45) is 0 Å². The van der Waals surface area contributed by atoms with E-state index in [0.717, 1.165) is 23.9 Å². The number of rotatable bonds is 4. The second kappa shape index (κ2) is 6.27. The molecule has 0 N–H and O–H groups in total. The van der Waals surface area contributed by atoms with Crippen LogP contribution in [0.3, 0.4) is 0 Å². The molecule has 0 radical (unpaired) electrons. The van der Waals surface area contributed by atoms with E-state index in [1.165, 1.54) is 25.3 Å². The Morgan fingerprint density at radius 1 is 1.14 bits per heavy atom. The zero-order valence-corrected chi connectivity index (χ0v) is 12.3. The lowest BCUT2D eigenvalue weighted by molar-refractivity contribution is -0.384. The first-order valence-electron chi connectivity index (χ1n) is 5.99. The van der Waals surface area contributed by atoms with Crippen LogP contribution in [0.2, 0.25) is 0 Å². The van der Waals surface area contributed by atoms with Gasteiger partial charge in [-0.1, -0.05) is 0 Å². The van der Waals surface area contributed by atoms with E-state index in [1.807, 2.05) is 0 Å². The molecule has 2 aromatic carbocycles. The molecule has 2 aromatic rings. The fourth-order valence-electron chi connectivity index (χ4n) is 1.80. The summed E-state index contributed by atoms with van der Waals surface area (Å²) in [5.74, 6) is -4.14. The Hall–Kier alpha value is -2.22. The lowest BCUT2D eigenvalue weighted by Gasteiger charge is -2.11. The van der Waals surface area contributed by atoms with Gasteiger partial charge in [0, 0.05) is 18.2 Å². The third-order valence-corrected chi connectivity index (χ3v) is 3.66. The summed E-state index contributed by atoms with van der Waals surface area (Å²) < 4.78 is 46.4. The zero-order valence-electron chi connectivity index (χ0n) is 11.5. The molecule has 0 saturated carbocycles. The van der Waals surface area contributed by atoms with E-state index in [0.29, 0.717) is 5.56 Å². The van der Waals surface area contributed by atoms with Gasteiger partial charge in [0.15, 0.2) is 11.6 Å². The molecule has 8 heteroatoms. The number of ether oxygens (including phenoxy) is 1. The van der Waals surface area contributed by atoms with Gasteiger partial charge in [0.25, 0.3) is 5.69 Å². The first-order chi connectivity index (χ1) is 10.3. The number of nitro benzene ring substituents is 1. The molecule has 0 aliphatic rings. The topological polar surface area (TPSA) is 52.4 Å². The summed E-state index contributed by atoms with van der Waals surface area (Å²) in [5.41, 5.74) is 0.170. The molecule has 0 aliphatic carbocycles. The maximum absolute atomic E-state index is 13.9. The number of hydrogen-bond acceptors (Lipinski definition) is 4. The van der Waals surface area contributed by atoms with E-state index in [1.54, 1.807) is 0 Å². The molecule has 0 aromatic heterocycles. The highest BCUT2D eigenvalue weighted by atomic mass is 32.2. The third-order valence-electron chi connectivity index (χ3n) is 2.88. The molecule has 2 rings (SSSR count). The second-order valence-electron chi connectivity index (χ2n) is 4.33. The Balaban J connectivity index is 2.42. The van der Waals surface area contributed by atoms with Crippen molar-refractivity contribution in [3.8, 4) is 11.5 Å². The van der Waals surface area contributed by atoms with E-state index in [4.69, 9.17) is 4.74 Å². The van der Waals surface area contributed by atoms with Crippen molar-refractivity contribution in [3.05, 3.63) is 57.4 Å². The van der Waals surface area contributed by atoms with Crippen molar-refractivity contribution >= 4 is 17.4 Å². The summed E-state index contributed by atoms with van der Waals surface area (Å²) in [6.07, 6.45) is 1.42. The molecule has 0 unspecified atom stereocenters. The van der Waals surface area contributed by atoms with Gasteiger partial charge in [0.2, 0.25) is 5.82 Å². The van der Waals surface area contributed by atoms with Crippen LogP contribution < -0.4 is 4.74 Å². The van der Waals surface area contributed by atoms with Gasteiger partial charge in [-0.15, -0.1) is 11.8 Å². The Morgan fingerprint density at radius 3 is 2.36 bits per heavy atom. The van der Waals surface area contributed by atoms with E-state index in [-0.39, 0.29) is 11.4 Å². The molecule has 4 nitrogen and oxygen atoms in total. The highest BCUT2D eigenvalue weighted by molar-refractivity contribution is 7.98. The molecule has 0 atom stereocenters. The van der Waals surface area contributed by atoms with Crippen LogP contribution in [-0.2, 0) is 0 Å². The van der Waals surface area contributed by atoms with Crippen LogP contribution in [0.4, 0.5) is 18.9 Å². The molecular formula is C14H10F3NO3S. The zero-order chi connectivity index (χ0) is 16.4. The fraction of sp³-hybridized carbons (Fsp3) is 0.143. The van der Waals surface area contributed by atoms with E-state index < -0.39 is 33.0 Å². The van der Waals surface area contributed by atoms with Crippen molar-refractivity contribution in [1.29, 1.82) is 0 Å². The molecule has 0 saturated heterocycles. The highest BCUT2D eigenvalue weighted by Crippen LogP contribution is 2.35. The van der Waals surface area contributed by atoms with E-state index >= 15 is 0 Å². The summed E-state index contributed by atoms with van der Waals surface area (Å²) in [7, 11) is 0. The molecule has 0 spiro atoms. The number of benzene rings is 2. The summed E-state index contributed by atoms with van der Waals surface area (Å²) >= 11 is 0.739. The minimum absolute atomic E-state index is 0.0696. The largest absolute Gasteiger partial charge is 0.454 e. The predicted molar refractivity (Wildman–Crippen MR) is 76.0 cm³/mol. The molecule has 0 fully saturated rings. The van der Waals surface area contributed by atoms with E-state index in [2.05, 4.69) is 0 Å². The number of hydrogen-bond donors (Lipinski definition) is 0. The average Bonchev–Trinajstić information content (AvgIpc) is 2.46. The minimum atomic E-state index is -1.33. The van der Waals surface area contributed by atoms with Crippen molar-refractivity contribution in [2.45, 2.75) is 11.8 Å². The number of nitrogens with zero attached hydrogens (tertiary/aromatic N) is 1. The van der Waals surface area contributed by atoms with Crippen molar-refractivity contribution in [1.82, 2.24) is 0 Å². The Morgan fingerprint density at radius 2 is 1.82 bits per heavy atom. The van der Waals surface area contributed by atoms with Gasteiger partial charge in [0.1, 0.15) is 11.6 Å². The normalized spacial score (nSPS) is 10.6. The quantitative estimate of drug-likeness (QED) is 0.349. The van der Waals surface area contributed by atoms with Gasteiger partial charge >= 0.3 is 0 Å². The molecule has 0 amide bonds. The van der Waals surface area contributed by atoms with Crippen LogP contribution in [0.25, 0.3) is 0 Å². The smallest absolute Gasteiger partial charge is 0.269 e. The van der Waals surface area contributed by atoms with Gasteiger partial charge < -0.3 is 4.74 Å². The van der Waals surface area contributed by atoms with Crippen molar-refractivity contribution < 1.29 is 22.8 Å². The summed E-state index contributed by atoms with van der Waals surface area (Å²) in [6, 6.07) is 4.36. The maximum atomic E-state index is 13.9. The van der Waals surface area contributed by atoms with Crippen LogP contribution >= 0.6 is 11.8 Å². The minimum Gasteiger partial charge on any atom is -0.454 e. The van der Waals surface area contributed by atoms with Crippen LogP contribution in [0.5, 0.6) is 11.5 Å². The molecule has 22 heavy (non-hydrogen) atoms.